The van der Waals surface area contributed by atoms with Gasteiger partial charge < -0.3 is 19.5 Å². The predicted molar refractivity (Wildman–Crippen MR) is 66.4 cm³/mol. The highest BCUT2D eigenvalue weighted by atomic mass is 16.6. The van der Waals surface area contributed by atoms with E-state index in [1.165, 1.54) is 4.90 Å². The van der Waals surface area contributed by atoms with Crippen LogP contribution in [-0.4, -0.2) is 53.5 Å². The molecule has 2 saturated heterocycles. The standard InChI is InChI=1S/C13H21NO5/c1-12(2,3)19-11(17)14-6-4-13(9(15)8-14)5-7-18-10(13)16/h9,15H,4-8H2,1-3H3/t9-,13+/m1/s1. The number of amides is 1. The number of piperidine rings is 1. The molecule has 0 aromatic carbocycles. The molecule has 2 fully saturated rings. The summed E-state index contributed by atoms with van der Waals surface area (Å²) >= 11 is 0. The molecule has 0 aliphatic carbocycles. The van der Waals surface area contributed by atoms with Gasteiger partial charge in [-0.3, -0.25) is 4.79 Å². The van der Waals surface area contributed by atoms with Crippen molar-refractivity contribution in [1.29, 1.82) is 0 Å². The lowest BCUT2D eigenvalue weighted by atomic mass is 9.75. The third-order valence-corrected chi connectivity index (χ3v) is 3.70. The first kappa shape index (κ1) is 14.1. The van der Waals surface area contributed by atoms with E-state index in [2.05, 4.69) is 0 Å². The molecule has 0 aromatic heterocycles. The highest BCUT2D eigenvalue weighted by Gasteiger charge is 2.53. The fourth-order valence-electron chi connectivity index (χ4n) is 2.57. The quantitative estimate of drug-likeness (QED) is 0.663. The van der Waals surface area contributed by atoms with Gasteiger partial charge in [-0.1, -0.05) is 0 Å². The van der Waals surface area contributed by atoms with E-state index in [0.29, 0.717) is 26.0 Å². The van der Waals surface area contributed by atoms with Gasteiger partial charge in [-0.05, 0) is 27.2 Å². The molecule has 0 radical (unpaired) electrons. The molecule has 0 saturated carbocycles. The Morgan fingerprint density at radius 3 is 2.63 bits per heavy atom. The molecule has 6 nitrogen and oxygen atoms in total. The summed E-state index contributed by atoms with van der Waals surface area (Å²) in [4.78, 5) is 25.1. The van der Waals surface area contributed by atoms with Crippen LogP contribution in [0.15, 0.2) is 0 Å². The van der Waals surface area contributed by atoms with E-state index in [-0.39, 0.29) is 12.5 Å². The second-order valence-electron chi connectivity index (χ2n) is 6.23. The summed E-state index contributed by atoms with van der Waals surface area (Å²) in [5.74, 6) is -0.344. The molecule has 2 rings (SSSR count). The van der Waals surface area contributed by atoms with E-state index in [1.807, 2.05) is 0 Å². The summed E-state index contributed by atoms with van der Waals surface area (Å²) in [5, 5.41) is 10.2. The maximum atomic E-state index is 11.9. The molecule has 1 N–H and O–H groups in total. The summed E-state index contributed by atoms with van der Waals surface area (Å²) in [6.07, 6.45) is -0.391. The van der Waals surface area contributed by atoms with Crippen molar-refractivity contribution < 1.29 is 24.2 Å². The summed E-state index contributed by atoms with van der Waals surface area (Å²) in [5.41, 5.74) is -1.39. The van der Waals surface area contributed by atoms with Gasteiger partial charge in [-0.15, -0.1) is 0 Å². The van der Waals surface area contributed by atoms with Gasteiger partial charge in [0.1, 0.15) is 11.0 Å². The van der Waals surface area contributed by atoms with Crippen LogP contribution in [0.3, 0.4) is 0 Å². The fraction of sp³-hybridized carbons (Fsp3) is 0.846. The second-order valence-corrected chi connectivity index (χ2v) is 6.23. The van der Waals surface area contributed by atoms with E-state index in [0.717, 1.165) is 0 Å². The first-order valence-corrected chi connectivity index (χ1v) is 6.58. The molecule has 19 heavy (non-hydrogen) atoms. The number of aliphatic hydroxyl groups excluding tert-OH is 1. The maximum Gasteiger partial charge on any atom is 0.410 e. The van der Waals surface area contributed by atoms with Crippen molar-refractivity contribution in [3.63, 3.8) is 0 Å². The lowest BCUT2D eigenvalue weighted by Gasteiger charge is -2.40. The number of aliphatic hydroxyl groups is 1. The Bertz CT molecular complexity index is 389. The smallest absolute Gasteiger partial charge is 0.410 e. The van der Waals surface area contributed by atoms with Crippen molar-refractivity contribution in [2.45, 2.75) is 45.3 Å². The third kappa shape index (κ3) is 2.68. The molecule has 0 bridgehead atoms. The molecule has 0 aromatic rings. The van der Waals surface area contributed by atoms with Crippen LogP contribution >= 0.6 is 0 Å². The zero-order valence-corrected chi connectivity index (χ0v) is 11.6. The summed E-state index contributed by atoms with van der Waals surface area (Å²) in [6.45, 7) is 6.25. The SMILES string of the molecule is CC(C)(C)OC(=O)N1CC[C@]2(CCOC2=O)[C@H](O)C1. The number of cyclic esters (lactones) is 1. The van der Waals surface area contributed by atoms with Gasteiger partial charge in [-0.2, -0.15) is 0 Å². The molecular formula is C13H21NO5. The van der Waals surface area contributed by atoms with Gasteiger partial charge in [0, 0.05) is 13.0 Å². The van der Waals surface area contributed by atoms with Crippen LogP contribution in [-0.2, 0) is 14.3 Å². The number of esters is 1. The number of carbonyl (C=O) groups excluding carboxylic acids is 2. The van der Waals surface area contributed by atoms with Gasteiger partial charge in [0.25, 0.3) is 0 Å². The Morgan fingerprint density at radius 1 is 1.47 bits per heavy atom. The first-order chi connectivity index (χ1) is 8.74. The minimum absolute atomic E-state index is 0.115. The number of β-amino-alcohol motifs (C(OH)–C–C–N with tert-alkyl or cyclic N) is 1. The monoisotopic (exact) mass is 271 g/mol. The summed E-state index contributed by atoms with van der Waals surface area (Å²) in [7, 11) is 0. The number of hydrogen-bond donors (Lipinski definition) is 1. The molecular weight excluding hydrogens is 250 g/mol. The van der Waals surface area contributed by atoms with Crippen molar-refractivity contribution in [2.24, 2.45) is 5.41 Å². The fourth-order valence-corrected chi connectivity index (χ4v) is 2.57. The van der Waals surface area contributed by atoms with Crippen LogP contribution in [0.2, 0.25) is 0 Å². The first-order valence-electron chi connectivity index (χ1n) is 6.58. The zero-order chi connectivity index (χ0) is 14.3. The lowest BCUT2D eigenvalue weighted by Crippen LogP contribution is -2.55. The van der Waals surface area contributed by atoms with Crippen LogP contribution in [0.5, 0.6) is 0 Å². The third-order valence-electron chi connectivity index (χ3n) is 3.70. The van der Waals surface area contributed by atoms with Crippen LogP contribution in [0, 0.1) is 5.41 Å². The summed E-state index contributed by atoms with van der Waals surface area (Å²) < 4.78 is 10.2. The zero-order valence-electron chi connectivity index (χ0n) is 11.6. The highest BCUT2D eigenvalue weighted by molar-refractivity contribution is 5.80. The number of rotatable bonds is 0. The van der Waals surface area contributed by atoms with Gasteiger partial charge in [-0.25, -0.2) is 4.79 Å². The van der Waals surface area contributed by atoms with Crippen molar-refractivity contribution in [1.82, 2.24) is 4.90 Å². The van der Waals surface area contributed by atoms with Crippen molar-refractivity contribution in [2.75, 3.05) is 19.7 Å². The Labute approximate surface area is 112 Å². The van der Waals surface area contributed by atoms with E-state index in [4.69, 9.17) is 9.47 Å². The van der Waals surface area contributed by atoms with Crippen molar-refractivity contribution >= 4 is 12.1 Å². The molecule has 2 heterocycles. The lowest BCUT2D eigenvalue weighted by molar-refractivity contribution is -0.156. The van der Waals surface area contributed by atoms with Crippen LogP contribution < -0.4 is 0 Å². The van der Waals surface area contributed by atoms with E-state index in [1.54, 1.807) is 20.8 Å². The predicted octanol–water partition coefficient (Wildman–Crippen LogP) is 0.921. The molecule has 2 atom stereocenters. The maximum absolute atomic E-state index is 11.9. The number of likely N-dealkylation sites (tertiary alicyclic amines) is 1. The number of hydrogen-bond acceptors (Lipinski definition) is 5. The van der Waals surface area contributed by atoms with E-state index >= 15 is 0 Å². The number of nitrogens with zero attached hydrogens (tertiary/aromatic N) is 1. The second kappa shape index (κ2) is 4.67. The van der Waals surface area contributed by atoms with Crippen LogP contribution in [0.4, 0.5) is 4.79 Å². The Balaban J connectivity index is 2.00. The van der Waals surface area contributed by atoms with Crippen LogP contribution in [0.1, 0.15) is 33.6 Å². The van der Waals surface area contributed by atoms with E-state index in [9.17, 15) is 14.7 Å². The molecule has 2 aliphatic heterocycles. The number of carbonyl (C=O) groups is 2. The molecule has 2 aliphatic rings. The normalized spacial score (nSPS) is 31.5. The summed E-state index contributed by atoms with van der Waals surface area (Å²) in [6, 6.07) is 0. The average molecular weight is 271 g/mol. The van der Waals surface area contributed by atoms with Gasteiger partial charge in [0.2, 0.25) is 0 Å². The molecule has 0 unspecified atom stereocenters. The van der Waals surface area contributed by atoms with E-state index < -0.39 is 23.2 Å². The Morgan fingerprint density at radius 2 is 2.16 bits per heavy atom. The Hall–Kier alpha value is -1.30. The number of ether oxygens (including phenoxy) is 2. The van der Waals surface area contributed by atoms with Crippen molar-refractivity contribution in [3.05, 3.63) is 0 Å². The van der Waals surface area contributed by atoms with Crippen molar-refractivity contribution in [3.8, 4) is 0 Å². The van der Waals surface area contributed by atoms with Gasteiger partial charge >= 0.3 is 12.1 Å². The van der Waals surface area contributed by atoms with Crippen LogP contribution in [0.25, 0.3) is 0 Å². The minimum Gasteiger partial charge on any atom is -0.465 e. The molecule has 108 valence electrons. The topological polar surface area (TPSA) is 76.1 Å². The molecule has 1 spiro atoms. The van der Waals surface area contributed by atoms with Gasteiger partial charge in [0.15, 0.2) is 0 Å². The Kier molecular flexibility index (Phi) is 3.47. The molecule has 1 amide bonds. The highest BCUT2D eigenvalue weighted by Crippen LogP contribution is 2.40. The van der Waals surface area contributed by atoms with Gasteiger partial charge in [0.05, 0.1) is 19.3 Å². The minimum atomic E-state index is -0.885. The largest absolute Gasteiger partial charge is 0.465 e. The average Bonchev–Trinajstić information content (AvgIpc) is 2.63. The molecule has 6 heteroatoms.